The molecule has 0 aliphatic carbocycles. The fourth-order valence-electron chi connectivity index (χ4n) is 14.9. The molecule has 5 amide bonds. The standard InChI is InChI=1S/C64H99N5O50/c1-11(75)65-21-31(85)26(80)16(6-70)104-57(21)112-44-32(86)37(91)62(117-48(44)52(94)95)109-41-23(67-13(3)77)59(106-18(8-72)28(41)82)114-46-34(88)39(93)64(119-50(46)54(98)99)111-43-25(69-15(5)79)60(107-20(10-74)30(43)84)115-47-35(89)38(92)63(118-51(47)55(100)101)110-42-24(68-14(4)78)58(105-19(9-73)29(42)83)113-45-33(87)36(90)61(116-49(45)53(96)97)108-40-22(66-12(2)76)56(102)103-17(7-71)27(40)81/h16-51,56-64,70-74,80-93,102H,6-10H2,1-5H3,(H,65,75)(H,66,76)(H,67,77)(H,68,78)(H,69,79)(H,94,95)(H,96,97)(H,98,99)(H,100,101)/t16-,17-,18-,19-,20-,21-,22-,23-,24-,25-,26+,27+,28+,29+,30+,31-,32-,33-,34+,35-,36-,37-,38-,39-,40-,41-,42-,43-,44+,45+,46+,47+,48+,49+,50+,51+,56-,57+,58+,59+,60+,61-,62-,63-,64-/m1/s1. The summed E-state index contributed by atoms with van der Waals surface area (Å²) in [6.07, 6.45) is -92.5. The number of amides is 5. The molecule has 0 radical (unpaired) electrons. The van der Waals surface area contributed by atoms with Gasteiger partial charge in [-0.1, -0.05) is 0 Å². The van der Waals surface area contributed by atoms with Crippen LogP contribution in [-0.2, 0) is 124 Å². The first-order valence-electron chi connectivity index (χ1n) is 36.6. The number of hydrogen-bond donors (Lipinski definition) is 29. The second kappa shape index (κ2) is 41.0. The van der Waals surface area contributed by atoms with E-state index in [1.807, 2.05) is 0 Å². The molecular formula is C64H99N5O50. The summed E-state index contributed by atoms with van der Waals surface area (Å²) in [6, 6.07) is -9.87. The maximum absolute atomic E-state index is 13.3. The highest BCUT2D eigenvalue weighted by Gasteiger charge is 2.63. The van der Waals surface area contributed by atoms with Gasteiger partial charge in [0.15, 0.2) is 81.0 Å². The van der Waals surface area contributed by atoms with Crippen LogP contribution in [0.4, 0.5) is 0 Å². The van der Waals surface area contributed by atoms with Gasteiger partial charge < -0.3 is 230 Å². The van der Waals surface area contributed by atoms with Crippen molar-refractivity contribution in [1.29, 1.82) is 0 Å². The van der Waals surface area contributed by atoms with Gasteiger partial charge in [0.1, 0.15) is 195 Å². The Morgan fingerprint density at radius 3 is 0.647 bits per heavy atom. The molecule has 0 bridgehead atoms. The van der Waals surface area contributed by atoms with Crippen LogP contribution < -0.4 is 26.6 Å². The monoisotopic (exact) mass is 1740 g/mol. The Balaban J connectivity index is 0.920. The summed E-state index contributed by atoms with van der Waals surface area (Å²) in [7, 11) is 0. The van der Waals surface area contributed by atoms with Crippen LogP contribution in [0.2, 0.25) is 0 Å². The zero-order chi connectivity index (χ0) is 88.3. The first-order valence-corrected chi connectivity index (χ1v) is 36.6. The molecular weight excluding hydrogens is 1640 g/mol. The number of ether oxygens (including phenoxy) is 17. The Morgan fingerprint density at radius 1 is 0.227 bits per heavy atom. The van der Waals surface area contributed by atoms with Crippen molar-refractivity contribution in [3.63, 3.8) is 0 Å². The highest BCUT2D eigenvalue weighted by molar-refractivity contribution is 5.77. The van der Waals surface area contributed by atoms with Crippen molar-refractivity contribution in [2.45, 2.75) is 311 Å². The Bertz CT molecular complexity index is 3460. The second-order valence-corrected chi connectivity index (χ2v) is 29.0. The number of nitrogens with one attached hydrogen (secondary N) is 5. The van der Waals surface area contributed by atoms with Gasteiger partial charge in [-0.3, -0.25) is 24.0 Å². The summed E-state index contributed by atoms with van der Waals surface area (Å²) in [6.45, 7) is -1.31. The molecule has 680 valence electrons. The van der Waals surface area contributed by atoms with Crippen molar-refractivity contribution in [3.05, 3.63) is 0 Å². The molecule has 9 saturated heterocycles. The smallest absolute Gasteiger partial charge is 0.335 e. The maximum Gasteiger partial charge on any atom is 0.335 e. The molecule has 9 aliphatic rings. The van der Waals surface area contributed by atoms with E-state index in [0.29, 0.717) is 0 Å². The van der Waals surface area contributed by atoms with Gasteiger partial charge in [-0.05, 0) is 0 Å². The molecule has 9 aliphatic heterocycles. The highest BCUT2D eigenvalue weighted by Crippen LogP contribution is 2.41. The average molecular weight is 1740 g/mol. The zero-order valence-electron chi connectivity index (χ0n) is 62.9. The van der Waals surface area contributed by atoms with Crippen molar-refractivity contribution >= 4 is 53.4 Å². The third-order valence-electron chi connectivity index (χ3n) is 20.6. The lowest BCUT2D eigenvalue weighted by Crippen LogP contribution is -2.72. The highest BCUT2D eigenvalue weighted by atomic mass is 16.8. The van der Waals surface area contributed by atoms with Gasteiger partial charge in [0, 0.05) is 34.6 Å². The molecule has 55 nitrogen and oxygen atoms in total. The maximum atomic E-state index is 13.3. The second-order valence-electron chi connectivity index (χ2n) is 29.0. The molecule has 9 heterocycles. The molecule has 0 aromatic carbocycles. The van der Waals surface area contributed by atoms with Crippen LogP contribution in [0, 0.1) is 0 Å². The number of hydrogen-bond acceptors (Lipinski definition) is 46. The van der Waals surface area contributed by atoms with E-state index in [0.717, 1.165) is 34.6 Å². The van der Waals surface area contributed by atoms with Crippen LogP contribution >= 0.6 is 0 Å². The lowest BCUT2D eigenvalue weighted by molar-refractivity contribution is -0.381. The number of carbonyl (C=O) groups is 9. The van der Waals surface area contributed by atoms with E-state index in [2.05, 4.69) is 26.6 Å². The van der Waals surface area contributed by atoms with E-state index in [-0.39, 0.29) is 0 Å². The topological polar surface area (TPSA) is 856 Å². The van der Waals surface area contributed by atoms with E-state index in [1.165, 1.54) is 0 Å². The molecule has 0 unspecified atom stereocenters. The van der Waals surface area contributed by atoms with E-state index in [4.69, 9.17) is 80.5 Å². The Morgan fingerprint density at radius 2 is 0.420 bits per heavy atom. The number of aliphatic hydroxyl groups is 20. The van der Waals surface area contributed by atoms with E-state index >= 15 is 0 Å². The molecule has 119 heavy (non-hydrogen) atoms. The van der Waals surface area contributed by atoms with Crippen molar-refractivity contribution in [1.82, 2.24) is 26.6 Å². The number of carboxylic acids is 4. The molecule has 0 saturated carbocycles. The third-order valence-corrected chi connectivity index (χ3v) is 20.6. The summed E-state index contributed by atoms with van der Waals surface area (Å²) in [4.78, 5) is 116. The summed E-state index contributed by atoms with van der Waals surface area (Å²) in [5, 5.41) is 276. The van der Waals surface area contributed by atoms with Gasteiger partial charge in [0.25, 0.3) is 0 Å². The minimum Gasteiger partial charge on any atom is -0.479 e. The Labute approximate surface area is 668 Å². The fourth-order valence-corrected chi connectivity index (χ4v) is 14.9. The molecule has 0 aromatic rings. The number of aliphatic carboxylic acids is 4. The molecule has 9 rings (SSSR count). The predicted molar refractivity (Wildman–Crippen MR) is 357 cm³/mol. The van der Waals surface area contributed by atoms with Crippen LogP contribution in [0.3, 0.4) is 0 Å². The summed E-state index contributed by atoms with van der Waals surface area (Å²) < 4.78 is 96.5. The first kappa shape index (κ1) is 96.6. The van der Waals surface area contributed by atoms with E-state index < -0.39 is 362 Å². The molecule has 55 heteroatoms. The lowest BCUT2D eigenvalue weighted by atomic mass is 9.93. The van der Waals surface area contributed by atoms with Crippen LogP contribution in [-0.4, -0.2) is 485 Å². The normalized spacial score (nSPS) is 46.5. The van der Waals surface area contributed by atoms with E-state index in [9.17, 15) is 166 Å². The Hall–Kier alpha value is -6.25. The van der Waals surface area contributed by atoms with Gasteiger partial charge >= 0.3 is 23.9 Å². The quantitative estimate of drug-likeness (QED) is 0.0318. The van der Waals surface area contributed by atoms with Gasteiger partial charge in [0.2, 0.25) is 29.5 Å². The van der Waals surface area contributed by atoms with Gasteiger partial charge in [-0.2, -0.15) is 0 Å². The summed E-state index contributed by atoms with van der Waals surface area (Å²) >= 11 is 0. The fraction of sp³-hybridized carbons (Fsp3) is 0.859. The molecule has 0 aromatic heterocycles. The minimum atomic E-state index is -2.69. The first-order chi connectivity index (χ1) is 55.9. The summed E-state index contributed by atoms with van der Waals surface area (Å²) in [5.41, 5.74) is 0. The number of carboxylic acid groups (broad SMARTS) is 4. The van der Waals surface area contributed by atoms with Crippen LogP contribution in [0.15, 0.2) is 0 Å². The van der Waals surface area contributed by atoms with Crippen molar-refractivity contribution in [2.75, 3.05) is 33.0 Å². The van der Waals surface area contributed by atoms with Crippen LogP contribution in [0.1, 0.15) is 34.6 Å². The SMILES string of the molecule is CC(=O)N[C@@H]1[C@@H](O[C@@H]2O[C@H](C(=O)O)[C@@H](O[C@@H]3O[C@H](CO)[C@H](O)[C@H](O[C@@H]4O[C@H](C(=O)O)[C@@H](O[C@@H]5O[C@H](CO)[C@H](O)[C@H](O[C@@H]6O[C@H](C(=O)O)[C@@H](O[C@@H]7O[C@H](CO)[C@H](O)[C@H](O[C@@H]8O[C@H](C(=O)O)[C@@H](O[C@@H]9O[C@H](CO)[C@H](O)[C@H](O)[C@H]9NC(C)=O)[C@H](O)[C@H]8O)[C@H]7NC(C)=O)[C@@H](O)[C@H]6O)[C@H]5NC(C)=O)[C@H](O)[C@H]4O)[C@H]3NC(C)=O)[C@H](O)[C@H]2O)[C@@H](O)[C@@H](CO)O[C@H]1O. The molecule has 45 atom stereocenters. The molecule has 9 fully saturated rings. The van der Waals surface area contributed by atoms with Gasteiger partial charge in [-0.15, -0.1) is 0 Å². The van der Waals surface area contributed by atoms with Crippen molar-refractivity contribution < 1.29 is 246 Å². The minimum absolute atomic E-state index is 0.814. The van der Waals surface area contributed by atoms with Gasteiger partial charge in [0.05, 0.1) is 33.0 Å². The molecule has 29 N–H and O–H groups in total. The number of rotatable bonds is 30. The largest absolute Gasteiger partial charge is 0.479 e. The summed E-state index contributed by atoms with van der Waals surface area (Å²) in [5.74, 6) is -13.2. The van der Waals surface area contributed by atoms with Gasteiger partial charge in [-0.25, -0.2) is 19.2 Å². The van der Waals surface area contributed by atoms with Crippen LogP contribution in [0.5, 0.6) is 0 Å². The average Bonchev–Trinajstić information content (AvgIpc) is 0.764. The lowest BCUT2D eigenvalue weighted by Gasteiger charge is -2.51. The van der Waals surface area contributed by atoms with Crippen molar-refractivity contribution in [3.8, 4) is 0 Å². The predicted octanol–water partition coefficient (Wildman–Crippen LogP) is -19.5. The number of carbonyl (C=O) groups excluding carboxylic acids is 5. The number of aliphatic hydroxyl groups excluding tert-OH is 20. The zero-order valence-corrected chi connectivity index (χ0v) is 62.9. The Kier molecular flexibility index (Phi) is 33.3. The molecule has 0 spiro atoms. The third kappa shape index (κ3) is 21.2. The van der Waals surface area contributed by atoms with E-state index in [1.54, 1.807) is 0 Å². The van der Waals surface area contributed by atoms with Crippen molar-refractivity contribution in [2.24, 2.45) is 0 Å². The van der Waals surface area contributed by atoms with Crippen LogP contribution in [0.25, 0.3) is 0 Å².